The van der Waals surface area contributed by atoms with Gasteiger partial charge in [0.05, 0.1) is 23.1 Å². The average molecular weight is 699 g/mol. The summed E-state index contributed by atoms with van der Waals surface area (Å²) >= 11 is 0.382. The number of hydrogen-bond acceptors (Lipinski definition) is 3. The van der Waals surface area contributed by atoms with Gasteiger partial charge in [0, 0.05) is 10.9 Å². The summed E-state index contributed by atoms with van der Waals surface area (Å²) in [5.74, 6) is 2.21. The van der Waals surface area contributed by atoms with Crippen LogP contribution in [0, 0.1) is 0 Å². The van der Waals surface area contributed by atoms with Crippen molar-refractivity contribution in [3.8, 4) is 0 Å². The van der Waals surface area contributed by atoms with Crippen molar-refractivity contribution in [1.29, 1.82) is 0 Å². The van der Waals surface area contributed by atoms with Gasteiger partial charge in [0.2, 0.25) is 0 Å². The molecular weight excluding hydrogens is 654 g/mol. The molecule has 5 rings (SSSR count). The number of halogens is 2. The number of benzene rings is 4. The summed E-state index contributed by atoms with van der Waals surface area (Å²) in [4.78, 5) is 10.6. The Bertz CT molecular complexity index is 1750. The van der Waals surface area contributed by atoms with Gasteiger partial charge >= 0.3 is 33.2 Å². The molecule has 0 atom stereocenters. The predicted molar refractivity (Wildman–Crippen MR) is 196 cm³/mol. The fraction of sp³-hybridized carbons (Fsp3) is 0.308. The third-order valence-corrected chi connectivity index (χ3v) is 8.07. The fourth-order valence-electron chi connectivity index (χ4n) is 5.70. The van der Waals surface area contributed by atoms with Crippen LogP contribution in [0.2, 0.25) is 0 Å². The molecule has 0 aliphatic carbocycles. The van der Waals surface area contributed by atoms with Gasteiger partial charge in [-0.15, -0.1) is 0 Å². The van der Waals surface area contributed by atoms with Crippen LogP contribution in [0.3, 0.4) is 0 Å². The molecule has 1 heterocycles. The Kier molecular flexibility index (Phi) is 12.8. The molecule has 0 spiro atoms. The molecule has 7 heteroatoms. The SMILES string of the molecule is CC(C)c1cccc(C(C)C)c1N=Cc1nn(C(=Nc2c(C(C)C)cccc2C(C)C)c2ccccc2)c2ccccc12.[Cl][Co][Cl]. The maximum absolute atomic E-state index is 5.47. The molecule has 243 valence electrons. The summed E-state index contributed by atoms with van der Waals surface area (Å²) in [7, 11) is 9.47. The molecule has 4 nitrogen and oxygen atoms in total. The molecule has 0 fully saturated rings. The summed E-state index contributed by atoms with van der Waals surface area (Å²) in [6.45, 7) is 17.9. The summed E-state index contributed by atoms with van der Waals surface area (Å²) < 4.78 is 2.00. The van der Waals surface area contributed by atoms with Crippen molar-refractivity contribution < 1.29 is 12.9 Å². The first-order chi connectivity index (χ1) is 22.1. The molecule has 0 saturated heterocycles. The minimum absolute atomic E-state index is 0.336. The van der Waals surface area contributed by atoms with Crippen LogP contribution in [0.25, 0.3) is 10.9 Å². The van der Waals surface area contributed by atoms with Crippen LogP contribution in [-0.2, 0) is 12.9 Å². The summed E-state index contributed by atoms with van der Waals surface area (Å²) in [5, 5.41) is 6.26. The van der Waals surface area contributed by atoms with E-state index in [0.29, 0.717) is 36.6 Å². The van der Waals surface area contributed by atoms with Crippen LogP contribution in [0.1, 0.15) is 113 Å². The Morgan fingerprint density at radius 2 is 1.09 bits per heavy atom. The van der Waals surface area contributed by atoms with Crippen molar-refractivity contribution in [2.75, 3.05) is 0 Å². The Labute approximate surface area is 289 Å². The normalized spacial score (nSPS) is 12.3. The standard InChI is InChI=1S/C39H44N4.2ClH.Co/c1-25(2)30-19-14-20-31(26(3)4)37(30)40-24-35-34-18-12-13-23-36(34)43(42-35)39(29-16-10-9-11-17-29)41-38-32(27(5)6)21-15-22-33(38)28(7)8;;;/h9-28H,1-8H3;2*1H;/q;;;+2/p-2. The number of nitrogens with zero attached hydrogens (tertiary/aromatic N) is 4. The van der Waals surface area contributed by atoms with E-state index in [0.717, 1.165) is 39.4 Å². The van der Waals surface area contributed by atoms with Crippen molar-refractivity contribution in [3.63, 3.8) is 0 Å². The van der Waals surface area contributed by atoms with Gasteiger partial charge in [-0.1, -0.05) is 140 Å². The van der Waals surface area contributed by atoms with Crippen LogP contribution in [-0.4, -0.2) is 21.8 Å². The first-order valence-electron chi connectivity index (χ1n) is 15.8. The summed E-state index contributed by atoms with van der Waals surface area (Å²) in [5.41, 5.74) is 9.92. The van der Waals surface area contributed by atoms with E-state index in [1.807, 2.05) is 17.0 Å². The number of aliphatic imine (C=N–C) groups is 2. The second-order valence-corrected chi connectivity index (χ2v) is 14.3. The van der Waals surface area contributed by atoms with Crippen LogP contribution in [0.15, 0.2) is 101 Å². The predicted octanol–water partition coefficient (Wildman–Crippen LogP) is 12.3. The van der Waals surface area contributed by atoms with Crippen molar-refractivity contribution >= 4 is 54.6 Å². The van der Waals surface area contributed by atoms with Gasteiger partial charge in [-0.3, -0.25) is 4.99 Å². The van der Waals surface area contributed by atoms with Gasteiger partial charge in [0.1, 0.15) is 5.69 Å². The van der Waals surface area contributed by atoms with Gasteiger partial charge < -0.3 is 0 Å². The van der Waals surface area contributed by atoms with Crippen molar-refractivity contribution in [2.45, 2.75) is 79.1 Å². The van der Waals surface area contributed by atoms with E-state index in [4.69, 9.17) is 35.4 Å². The van der Waals surface area contributed by atoms with E-state index < -0.39 is 0 Å². The van der Waals surface area contributed by atoms with Gasteiger partial charge in [-0.25, -0.2) is 9.67 Å². The second-order valence-electron chi connectivity index (χ2n) is 12.6. The maximum atomic E-state index is 5.47. The molecule has 0 unspecified atom stereocenters. The molecule has 1 aromatic heterocycles. The third-order valence-electron chi connectivity index (χ3n) is 8.07. The molecule has 0 radical (unpaired) electrons. The molecule has 0 amide bonds. The van der Waals surface area contributed by atoms with E-state index in [1.165, 1.54) is 22.3 Å². The molecule has 46 heavy (non-hydrogen) atoms. The Morgan fingerprint density at radius 1 is 0.630 bits per heavy atom. The first-order valence-corrected chi connectivity index (χ1v) is 18.7. The van der Waals surface area contributed by atoms with Crippen molar-refractivity contribution in [2.24, 2.45) is 9.98 Å². The van der Waals surface area contributed by atoms with Crippen LogP contribution in [0.4, 0.5) is 11.4 Å². The molecule has 0 N–H and O–H groups in total. The zero-order chi connectivity index (χ0) is 33.4. The molecule has 0 saturated carbocycles. The number of rotatable bonds is 8. The van der Waals surface area contributed by atoms with Crippen LogP contribution in [0.5, 0.6) is 0 Å². The average Bonchev–Trinajstić information content (AvgIpc) is 3.41. The molecule has 5 aromatic rings. The Hall–Kier alpha value is -3.22. The zero-order valence-electron chi connectivity index (χ0n) is 27.9. The molecule has 0 bridgehead atoms. The van der Waals surface area contributed by atoms with E-state index in [-0.39, 0.29) is 0 Å². The fourth-order valence-corrected chi connectivity index (χ4v) is 5.70. The minimum atomic E-state index is 0.336. The van der Waals surface area contributed by atoms with Crippen molar-refractivity contribution in [1.82, 2.24) is 9.78 Å². The number of fused-ring (bicyclic) bond motifs is 1. The van der Waals surface area contributed by atoms with Crippen LogP contribution < -0.4 is 0 Å². The zero-order valence-corrected chi connectivity index (χ0v) is 30.5. The quantitative estimate of drug-likeness (QED) is 0.117. The van der Waals surface area contributed by atoms with E-state index in [2.05, 4.69) is 140 Å². The van der Waals surface area contributed by atoms with Crippen molar-refractivity contribution in [3.05, 3.63) is 125 Å². The Balaban J connectivity index is 0.00000154. The van der Waals surface area contributed by atoms with E-state index >= 15 is 0 Å². The molecule has 0 aliphatic rings. The van der Waals surface area contributed by atoms with Crippen LogP contribution >= 0.6 is 20.3 Å². The Morgan fingerprint density at radius 3 is 1.59 bits per heavy atom. The second kappa shape index (κ2) is 16.6. The van der Waals surface area contributed by atoms with Gasteiger partial charge in [0.25, 0.3) is 0 Å². The molecule has 4 aromatic carbocycles. The van der Waals surface area contributed by atoms with Gasteiger partial charge in [-0.2, -0.15) is 5.10 Å². The van der Waals surface area contributed by atoms with Gasteiger partial charge in [-0.05, 0) is 52.0 Å². The summed E-state index contributed by atoms with van der Waals surface area (Å²) in [6.07, 6.45) is 1.94. The summed E-state index contributed by atoms with van der Waals surface area (Å²) in [6, 6.07) is 31.9. The topological polar surface area (TPSA) is 42.5 Å². The number of para-hydroxylation sites is 3. The molecule has 0 aliphatic heterocycles. The van der Waals surface area contributed by atoms with Gasteiger partial charge in [0.15, 0.2) is 5.84 Å². The monoisotopic (exact) mass is 697 g/mol. The number of hydrogen-bond donors (Lipinski definition) is 0. The molecular formula is C39H44Cl2CoN4. The van der Waals surface area contributed by atoms with E-state index in [9.17, 15) is 0 Å². The number of aromatic nitrogens is 2. The van der Waals surface area contributed by atoms with E-state index in [1.54, 1.807) is 0 Å². The third kappa shape index (κ3) is 8.19. The first kappa shape index (κ1) is 35.6.